The van der Waals surface area contributed by atoms with Gasteiger partial charge in [0.1, 0.15) is 22.3 Å². The highest BCUT2D eigenvalue weighted by Gasteiger charge is 2.13. The molecule has 0 spiro atoms. The first-order valence-corrected chi connectivity index (χ1v) is 7.49. The number of benzene rings is 1. The molecule has 0 atom stereocenters. The lowest BCUT2D eigenvalue weighted by Crippen LogP contribution is -2.23. The Hall–Kier alpha value is -2.80. The molecule has 1 N–H and O–H groups in total. The Morgan fingerprint density at radius 1 is 1.25 bits per heavy atom. The van der Waals surface area contributed by atoms with E-state index in [9.17, 15) is 4.79 Å². The molecule has 1 aromatic carbocycles. The molecule has 0 saturated heterocycles. The molecule has 1 amide bonds. The highest BCUT2D eigenvalue weighted by molar-refractivity contribution is 6.29. The SMILES string of the molecule is COc1ccc(CNC(=O)c2cn3nc(Cl)ccc3n2)c(OC)c1. The van der Waals surface area contributed by atoms with Crippen LogP contribution >= 0.6 is 11.6 Å². The summed E-state index contributed by atoms with van der Waals surface area (Å²) >= 11 is 5.82. The van der Waals surface area contributed by atoms with Crippen LogP contribution in [0.2, 0.25) is 5.15 Å². The molecule has 0 bridgehead atoms. The van der Waals surface area contributed by atoms with Crippen LogP contribution in [0.1, 0.15) is 16.1 Å². The maximum absolute atomic E-state index is 12.3. The summed E-state index contributed by atoms with van der Waals surface area (Å²) in [6.45, 7) is 0.300. The average Bonchev–Trinajstić information content (AvgIpc) is 3.02. The highest BCUT2D eigenvalue weighted by atomic mass is 35.5. The quantitative estimate of drug-likeness (QED) is 0.767. The Morgan fingerprint density at radius 2 is 2.08 bits per heavy atom. The van der Waals surface area contributed by atoms with E-state index >= 15 is 0 Å². The zero-order valence-corrected chi connectivity index (χ0v) is 13.9. The first-order valence-electron chi connectivity index (χ1n) is 7.11. The van der Waals surface area contributed by atoms with Gasteiger partial charge in [-0.2, -0.15) is 5.10 Å². The molecule has 7 nitrogen and oxygen atoms in total. The number of aromatic nitrogens is 3. The van der Waals surface area contributed by atoms with Crippen LogP contribution in [0.25, 0.3) is 5.65 Å². The zero-order chi connectivity index (χ0) is 17.1. The van der Waals surface area contributed by atoms with E-state index in [1.807, 2.05) is 6.07 Å². The molecule has 0 saturated carbocycles. The number of carbonyl (C=O) groups is 1. The molecule has 0 aliphatic heterocycles. The first kappa shape index (κ1) is 16.1. The summed E-state index contributed by atoms with van der Waals surface area (Å²) in [6.07, 6.45) is 1.53. The van der Waals surface area contributed by atoms with Crippen molar-refractivity contribution >= 4 is 23.2 Å². The van der Waals surface area contributed by atoms with E-state index in [2.05, 4.69) is 15.4 Å². The third-order valence-electron chi connectivity index (χ3n) is 3.45. The number of rotatable bonds is 5. The van der Waals surface area contributed by atoms with E-state index in [1.54, 1.807) is 38.5 Å². The van der Waals surface area contributed by atoms with Gasteiger partial charge in [0, 0.05) is 18.2 Å². The van der Waals surface area contributed by atoms with Gasteiger partial charge in [0.15, 0.2) is 5.65 Å². The summed E-state index contributed by atoms with van der Waals surface area (Å²) in [6, 6.07) is 8.72. The second-order valence-corrected chi connectivity index (χ2v) is 5.33. The molecule has 2 heterocycles. The molecular formula is C16H15ClN4O3. The number of fused-ring (bicyclic) bond motifs is 1. The fraction of sp³-hybridized carbons (Fsp3) is 0.188. The van der Waals surface area contributed by atoms with Crippen molar-refractivity contribution < 1.29 is 14.3 Å². The van der Waals surface area contributed by atoms with Crippen LogP contribution in [0.15, 0.2) is 36.5 Å². The summed E-state index contributed by atoms with van der Waals surface area (Å²) in [4.78, 5) is 16.5. The molecule has 0 unspecified atom stereocenters. The second kappa shape index (κ2) is 6.76. The molecule has 3 aromatic rings. The molecule has 3 rings (SSSR count). The standard InChI is InChI=1S/C16H15ClN4O3/c1-23-11-4-3-10(13(7-11)24-2)8-18-16(22)12-9-21-15(19-12)6-5-14(17)20-21/h3-7,9H,8H2,1-2H3,(H,18,22). The van der Waals surface area contributed by atoms with Gasteiger partial charge in [-0.1, -0.05) is 11.6 Å². The van der Waals surface area contributed by atoms with Crippen molar-refractivity contribution in [3.05, 3.63) is 52.9 Å². The Kier molecular flexibility index (Phi) is 4.52. The molecular weight excluding hydrogens is 332 g/mol. The van der Waals surface area contributed by atoms with E-state index in [4.69, 9.17) is 21.1 Å². The Balaban J connectivity index is 1.75. The lowest BCUT2D eigenvalue weighted by molar-refractivity contribution is 0.0946. The number of methoxy groups -OCH3 is 2. The van der Waals surface area contributed by atoms with Crippen molar-refractivity contribution in [3.63, 3.8) is 0 Å². The van der Waals surface area contributed by atoms with Crippen LogP contribution in [-0.4, -0.2) is 34.7 Å². The van der Waals surface area contributed by atoms with Crippen LogP contribution in [0, 0.1) is 0 Å². The van der Waals surface area contributed by atoms with Crippen LogP contribution in [0.5, 0.6) is 11.5 Å². The van der Waals surface area contributed by atoms with E-state index in [-0.39, 0.29) is 11.6 Å². The lowest BCUT2D eigenvalue weighted by atomic mass is 10.2. The highest BCUT2D eigenvalue weighted by Crippen LogP contribution is 2.24. The number of ether oxygens (including phenoxy) is 2. The zero-order valence-electron chi connectivity index (χ0n) is 13.1. The molecule has 0 aliphatic rings. The fourth-order valence-electron chi connectivity index (χ4n) is 2.23. The maximum Gasteiger partial charge on any atom is 0.271 e. The number of imidazole rings is 1. The van der Waals surface area contributed by atoms with Crippen molar-refractivity contribution in [2.24, 2.45) is 0 Å². The molecule has 0 aliphatic carbocycles. The smallest absolute Gasteiger partial charge is 0.271 e. The second-order valence-electron chi connectivity index (χ2n) is 4.95. The minimum atomic E-state index is -0.311. The maximum atomic E-state index is 12.3. The molecule has 124 valence electrons. The number of amides is 1. The number of carbonyl (C=O) groups excluding carboxylic acids is 1. The lowest BCUT2D eigenvalue weighted by Gasteiger charge is -2.10. The predicted octanol–water partition coefficient (Wildman–Crippen LogP) is 2.33. The van der Waals surface area contributed by atoms with Crippen LogP contribution < -0.4 is 14.8 Å². The van der Waals surface area contributed by atoms with Gasteiger partial charge in [0.2, 0.25) is 0 Å². The summed E-state index contributed by atoms with van der Waals surface area (Å²) < 4.78 is 11.9. The molecule has 8 heteroatoms. The van der Waals surface area contributed by atoms with Crippen molar-refractivity contribution in [1.82, 2.24) is 19.9 Å². The topological polar surface area (TPSA) is 77.8 Å². The monoisotopic (exact) mass is 346 g/mol. The molecule has 0 radical (unpaired) electrons. The fourth-order valence-corrected chi connectivity index (χ4v) is 2.38. The van der Waals surface area contributed by atoms with E-state index in [0.717, 1.165) is 5.56 Å². The third kappa shape index (κ3) is 3.26. The Labute approximate surface area is 143 Å². The van der Waals surface area contributed by atoms with Gasteiger partial charge in [-0.05, 0) is 24.3 Å². The number of nitrogens with one attached hydrogen (secondary N) is 1. The van der Waals surface area contributed by atoms with Crippen molar-refractivity contribution in [1.29, 1.82) is 0 Å². The van der Waals surface area contributed by atoms with Crippen LogP contribution in [0.4, 0.5) is 0 Å². The van der Waals surface area contributed by atoms with E-state index in [0.29, 0.717) is 28.8 Å². The van der Waals surface area contributed by atoms with Crippen molar-refractivity contribution in [3.8, 4) is 11.5 Å². The largest absolute Gasteiger partial charge is 0.497 e. The Morgan fingerprint density at radius 3 is 2.83 bits per heavy atom. The van der Waals surface area contributed by atoms with Gasteiger partial charge in [-0.25, -0.2) is 9.50 Å². The van der Waals surface area contributed by atoms with Crippen LogP contribution in [0.3, 0.4) is 0 Å². The summed E-state index contributed by atoms with van der Waals surface area (Å²) in [5.74, 6) is 1.01. The third-order valence-corrected chi connectivity index (χ3v) is 3.66. The van der Waals surface area contributed by atoms with Crippen LogP contribution in [-0.2, 0) is 6.54 Å². The van der Waals surface area contributed by atoms with Crippen molar-refractivity contribution in [2.75, 3.05) is 14.2 Å². The molecule has 24 heavy (non-hydrogen) atoms. The first-order chi connectivity index (χ1) is 11.6. The minimum absolute atomic E-state index is 0.261. The average molecular weight is 347 g/mol. The predicted molar refractivity (Wildman–Crippen MR) is 88.7 cm³/mol. The van der Waals surface area contributed by atoms with E-state index < -0.39 is 0 Å². The molecule has 2 aromatic heterocycles. The van der Waals surface area contributed by atoms with Gasteiger partial charge >= 0.3 is 0 Å². The normalized spacial score (nSPS) is 10.6. The Bertz CT molecular complexity index is 894. The van der Waals surface area contributed by atoms with Gasteiger partial charge < -0.3 is 14.8 Å². The number of hydrogen-bond donors (Lipinski definition) is 1. The minimum Gasteiger partial charge on any atom is -0.497 e. The number of hydrogen-bond acceptors (Lipinski definition) is 5. The van der Waals surface area contributed by atoms with E-state index in [1.165, 1.54) is 10.7 Å². The summed E-state index contributed by atoms with van der Waals surface area (Å²) in [5.41, 5.74) is 1.64. The number of nitrogens with zero attached hydrogens (tertiary/aromatic N) is 3. The summed E-state index contributed by atoms with van der Waals surface area (Å²) in [7, 11) is 3.15. The van der Waals surface area contributed by atoms with Crippen molar-refractivity contribution in [2.45, 2.75) is 6.54 Å². The molecule has 0 fully saturated rings. The van der Waals surface area contributed by atoms with Gasteiger partial charge in [-0.15, -0.1) is 0 Å². The summed E-state index contributed by atoms with van der Waals surface area (Å²) in [5, 5.41) is 7.18. The van der Waals surface area contributed by atoms with Gasteiger partial charge in [0.05, 0.1) is 20.4 Å². The van der Waals surface area contributed by atoms with Gasteiger partial charge in [0.25, 0.3) is 5.91 Å². The number of halogens is 1. The van der Waals surface area contributed by atoms with Gasteiger partial charge in [-0.3, -0.25) is 4.79 Å².